The van der Waals surface area contributed by atoms with E-state index in [0.717, 1.165) is 32.1 Å². The number of nitriles is 1. The van der Waals surface area contributed by atoms with Crippen molar-refractivity contribution in [3.8, 4) is 6.07 Å². The monoisotopic (exact) mass is 340 g/mol. The summed E-state index contributed by atoms with van der Waals surface area (Å²) < 4.78 is 37.8. The second-order valence-corrected chi connectivity index (χ2v) is 6.40. The van der Waals surface area contributed by atoms with Crippen molar-refractivity contribution in [1.29, 1.82) is 5.26 Å². The number of aliphatic hydroxyl groups excluding tert-OH is 1. The summed E-state index contributed by atoms with van der Waals surface area (Å²) in [6.45, 7) is 0.105. The van der Waals surface area contributed by atoms with Gasteiger partial charge in [-0.05, 0) is 30.5 Å². The number of alkyl halides is 3. The molecule has 1 aliphatic carbocycles. The fourth-order valence-corrected chi connectivity index (χ4v) is 3.25. The highest BCUT2D eigenvalue weighted by atomic mass is 19.4. The van der Waals surface area contributed by atoms with E-state index in [1.54, 1.807) is 29.2 Å². The lowest BCUT2D eigenvalue weighted by Gasteiger charge is -2.36. The Bertz CT molecular complexity index is 545. The Balaban J connectivity index is 2.03. The first-order chi connectivity index (χ1) is 11.4. The maximum Gasteiger partial charge on any atom is 0.390 e. The maximum atomic E-state index is 12.6. The molecule has 1 aromatic rings. The molecule has 6 heteroatoms. The van der Waals surface area contributed by atoms with Crippen molar-refractivity contribution < 1.29 is 18.3 Å². The molecular formula is C18H23F3N2O. The van der Waals surface area contributed by atoms with Crippen LogP contribution in [0.25, 0.3) is 0 Å². The minimum Gasteiger partial charge on any atom is -0.387 e. The molecule has 0 saturated heterocycles. The van der Waals surface area contributed by atoms with E-state index in [9.17, 15) is 18.3 Å². The first kappa shape index (κ1) is 18.8. The summed E-state index contributed by atoms with van der Waals surface area (Å²) in [6, 6.07) is 8.65. The van der Waals surface area contributed by atoms with Gasteiger partial charge in [-0.25, -0.2) is 0 Å². The van der Waals surface area contributed by atoms with Crippen molar-refractivity contribution in [2.45, 2.75) is 56.8 Å². The summed E-state index contributed by atoms with van der Waals surface area (Å²) >= 11 is 0. The van der Waals surface area contributed by atoms with E-state index < -0.39 is 18.7 Å². The van der Waals surface area contributed by atoms with Crippen molar-refractivity contribution in [3.05, 3.63) is 35.4 Å². The van der Waals surface area contributed by atoms with Crippen molar-refractivity contribution in [1.82, 2.24) is 4.90 Å². The van der Waals surface area contributed by atoms with Gasteiger partial charge in [-0.2, -0.15) is 18.4 Å². The molecule has 1 saturated carbocycles. The Morgan fingerprint density at radius 2 is 1.79 bits per heavy atom. The van der Waals surface area contributed by atoms with Gasteiger partial charge < -0.3 is 5.11 Å². The van der Waals surface area contributed by atoms with Gasteiger partial charge in [0.05, 0.1) is 24.2 Å². The van der Waals surface area contributed by atoms with Crippen molar-refractivity contribution in [2.75, 3.05) is 13.1 Å². The van der Waals surface area contributed by atoms with Gasteiger partial charge >= 0.3 is 6.18 Å². The van der Waals surface area contributed by atoms with Gasteiger partial charge in [-0.1, -0.05) is 31.4 Å². The first-order valence-electron chi connectivity index (χ1n) is 8.38. The summed E-state index contributed by atoms with van der Waals surface area (Å²) in [4.78, 5) is 1.79. The zero-order valence-electron chi connectivity index (χ0n) is 13.6. The summed E-state index contributed by atoms with van der Waals surface area (Å²) in [5.41, 5.74) is 1.12. The van der Waals surface area contributed by atoms with E-state index in [0.29, 0.717) is 11.1 Å². The van der Waals surface area contributed by atoms with Crippen LogP contribution in [-0.2, 0) is 0 Å². The fraction of sp³-hybridized carbons (Fsp3) is 0.611. The minimum atomic E-state index is -4.19. The topological polar surface area (TPSA) is 47.3 Å². The lowest BCUT2D eigenvalue weighted by molar-refractivity contribution is -0.140. The Hall–Kier alpha value is -1.58. The largest absolute Gasteiger partial charge is 0.390 e. The molecule has 2 rings (SSSR count). The number of halogens is 3. The Morgan fingerprint density at radius 3 is 2.33 bits per heavy atom. The molecule has 3 nitrogen and oxygen atoms in total. The number of hydrogen-bond acceptors (Lipinski definition) is 3. The maximum absolute atomic E-state index is 12.6. The molecule has 1 atom stereocenters. The molecule has 0 heterocycles. The third kappa shape index (κ3) is 5.81. The van der Waals surface area contributed by atoms with Crippen LogP contribution in [0.15, 0.2) is 24.3 Å². The standard InChI is InChI=1S/C18H23F3N2O/c19-18(20,21)10-11-23(16-4-2-1-3-5-16)13-17(24)15-8-6-14(12-22)7-9-15/h6-9,16-17,24H,1-5,10-11,13H2. The Morgan fingerprint density at radius 1 is 1.17 bits per heavy atom. The third-order valence-corrected chi connectivity index (χ3v) is 4.61. The number of benzene rings is 1. The minimum absolute atomic E-state index is 0.0818. The lowest BCUT2D eigenvalue weighted by Crippen LogP contribution is -2.41. The smallest absolute Gasteiger partial charge is 0.387 e. The molecule has 1 fully saturated rings. The molecule has 132 valence electrons. The molecule has 1 aromatic carbocycles. The van der Waals surface area contributed by atoms with Gasteiger partial charge in [0, 0.05) is 19.1 Å². The normalized spacial score (nSPS) is 17.7. The van der Waals surface area contributed by atoms with E-state index in [1.165, 1.54) is 0 Å². The number of rotatable bonds is 6. The number of aliphatic hydroxyl groups is 1. The van der Waals surface area contributed by atoms with Crippen LogP contribution in [0.1, 0.15) is 55.8 Å². The molecule has 0 spiro atoms. The van der Waals surface area contributed by atoms with Gasteiger partial charge in [0.1, 0.15) is 0 Å². The highest BCUT2D eigenvalue weighted by Crippen LogP contribution is 2.27. The van der Waals surface area contributed by atoms with E-state index in [1.807, 2.05) is 6.07 Å². The van der Waals surface area contributed by atoms with E-state index in [2.05, 4.69) is 0 Å². The first-order valence-corrected chi connectivity index (χ1v) is 8.38. The number of hydrogen-bond donors (Lipinski definition) is 1. The Kier molecular flexibility index (Phi) is 6.64. The average Bonchev–Trinajstić information content (AvgIpc) is 2.58. The predicted octanol–water partition coefficient (Wildman–Crippen LogP) is 4.18. The Labute approximate surface area is 140 Å². The SMILES string of the molecule is N#Cc1ccc(C(O)CN(CCC(F)(F)F)C2CCCCC2)cc1. The zero-order chi connectivity index (χ0) is 17.6. The second-order valence-electron chi connectivity index (χ2n) is 6.40. The van der Waals surface area contributed by atoms with Crippen LogP contribution < -0.4 is 0 Å². The van der Waals surface area contributed by atoms with Crippen LogP contribution in [0.4, 0.5) is 13.2 Å². The van der Waals surface area contributed by atoms with Crippen molar-refractivity contribution in [2.24, 2.45) is 0 Å². The zero-order valence-corrected chi connectivity index (χ0v) is 13.6. The van der Waals surface area contributed by atoms with Gasteiger partial charge in [-0.3, -0.25) is 4.90 Å². The third-order valence-electron chi connectivity index (χ3n) is 4.61. The van der Waals surface area contributed by atoms with Crippen LogP contribution in [0.2, 0.25) is 0 Å². The average molecular weight is 340 g/mol. The molecule has 1 aliphatic rings. The highest BCUT2D eigenvalue weighted by molar-refractivity contribution is 5.32. The molecule has 1 N–H and O–H groups in total. The molecule has 24 heavy (non-hydrogen) atoms. The lowest BCUT2D eigenvalue weighted by atomic mass is 9.93. The highest BCUT2D eigenvalue weighted by Gasteiger charge is 2.31. The summed E-state index contributed by atoms with van der Waals surface area (Å²) in [5.74, 6) is 0. The quantitative estimate of drug-likeness (QED) is 0.845. The summed E-state index contributed by atoms with van der Waals surface area (Å²) in [6.07, 6.45) is -0.943. The molecule has 0 aromatic heterocycles. The van der Waals surface area contributed by atoms with E-state index in [-0.39, 0.29) is 19.1 Å². The predicted molar refractivity (Wildman–Crippen MR) is 85.2 cm³/mol. The molecule has 0 radical (unpaired) electrons. The van der Waals surface area contributed by atoms with Crippen LogP contribution in [0.3, 0.4) is 0 Å². The van der Waals surface area contributed by atoms with Crippen molar-refractivity contribution in [3.63, 3.8) is 0 Å². The second kappa shape index (κ2) is 8.50. The van der Waals surface area contributed by atoms with Crippen molar-refractivity contribution >= 4 is 0 Å². The van der Waals surface area contributed by atoms with Crippen LogP contribution in [-0.4, -0.2) is 35.3 Å². The molecular weight excluding hydrogens is 317 g/mol. The summed E-state index contributed by atoms with van der Waals surface area (Å²) in [5, 5.41) is 19.2. The molecule has 1 unspecified atom stereocenters. The van der Waals surface area contributed by atoms with Gasteiger partial charge in [-0.15, -0.1) is 0 Å². The molecule has 0 aliphatic heterocycles. The summed E-state index contributed by atoms with van der Waals surface area (Å²) in [7, 11) is 0. The van der Waals surface area contributed by atoms with Crippen LogP contribution in [0.5, 0.6) is 0 Å². The van der Waals surface area contributed by atoms with E-state index >= 15 is 0 Å². The fourth-order valence-electron chi connectivity index (χ4n) is 3.25. The van der Waals surface area contributed by atoms with Gasteiger partial charge in [0.25, 0.3) is 0 Å². The molecule has 0 bridgehead atoms. The van der Waals surface area contributed by atoms with Crippen LogP contribution >= 0.6 is 0 Å². The molecule has 0 amide bonds. The van der Waals surface area contributed by atoms with Crippen LogP contribution in [0, 0.1) is 11.3 Å². The van der Waals surface area contributed by atoms with E-state index in [4.69, 9.17) is 5.26 Å². The van der Waals surface area contributed by atoms with Gasteiger partial charge in [0.2, 0.25) is 0 Å². The van der Waals surface area contributed by atoms with Gasteiger partial charge in [0.15, 0.2) is 0 Å². The number of nitrogens with zero attached hydrogens (tertiary/aromatic N) is 2.